The van der Waals surface area contributed by atoms with E-state index < -0.39 is 5.97 Å². The minimum Gasteiger partial charge on any atom is -0.494 e. The van der Waals surface area contributed by atoms with Crippen molar-refractivity contribution < 1.29 is 23.8 Å². The lowest BCUT2D eigenvalue weighted by Gasteiger charge is -2.08. The first-order valence-electron chi connectivity index (χ1n) is 8.19. The molecular formula is C19H21BO5. The van der Waals surface area contributed by atoms with Gasteiger partial charge in [-0.2, -0.15) is 0 Å². The molecule has 0 aliphatic heterocycles. The molecule has 25 heavy (non-hydrogen) atoms. The van der Waals surface area contributed by atoms with Crippen LogP contribution in [-0.2, 0) is 9.53 Å². The van der Waals surface area contributed by atoms with Crippen LogP contribution in [0.5, 0.6) is 11.5 Å². The molecule has 6 heteroatoms. The molecule has 2 rings (SSSR count). The third-order valence-electron chi connectivity index (χ3n) is 3.43. The molecule has 0 saturated carbocycles. The standard InChI is InChI=1S/C19H21BO5/c1-14(21)23-12-2-3-13-24-17-8-4-15(5-9-17)19(22)25-18-10-6-16(20)7-11-18/h4-11H,2-3,12-13,20H2,1H3. The molecule has 0 aliphatic rings. The second kappa shape index (κ2) is 9.52. The first kappa shape index (κ1) is 18.6. The van der Waals surface area contributed by atoms with Gasteiger partial charge in [0.05, 0.1) is 18.8 Å². The van der Waals surface area contributed by atoms with Crippen molar-refractivity contribution in [3.8, 4) is 11.5 Å². The van der Waals surface area contributed by atoms with Gasteiger partial charge in [-0.05, 0) is 49.2 Å². The third kappa shape index (κ3) is 6.71. The number of unbranched alkanes of at least 4 members (excludes halogenated alkanes) is 1. The molecule has 0 spiro atoms. The van der Waals surface area contributed by atoms with E-state index in [-0.39, 0.29) is 5.97 Å². The van der Waals surface area contributed by atoms with Crippen LogP contribution in [0.25, 0.3) is 0 Å². The van der Waals surface area contributed by atoms with Gasteiger partial charge in [-0.1, -0.05) is 17.6 Å². The summed E-state index contributed by atoms with van der Waals surface area (Å²) in [5.41, 5.74) is 1.57. The summed E-state index contributed by atoms with van der Waals surface area (Å²) in [4.78, 5) is 22.7. The van der Waals surface area contributed by atoms with E-state index in [0.29, 0.717) is 30.3 Å². The van der Waals surface area contributed by atoms with Crippen LogP contribution in [0.2, 0.25) is 0 Å². The molecule has 0 atom stereocenters. The highest BCUT2D eigenvalue weighted by Gasteiger charge is 2.08. The maximum absolute atomic E-state index is 12.1. The van der Waals surface area contributed by atoms with Gasteiger partial charge in [0, 0.05) is 6.92 Å². The Hall–Kier alpha value is -2.76. The zero-order valence-electron chi connectivity index (χ0n) is 14.5. The lowest BCUT2D eigenvalue weighted by molar-refractivity contribution is -0.141. The number of carbonyl (C=O) groups excluding carboxylic acids is 2. The zero-order chi connectivity index (χ0) is 18.1. The lowest BCUT2D eigenvalue weighted by atomic mass is 9.97. The second-order valence-corrected chi connectivity index (χ2v) is 5.62. The number of carbonyl (C=O) groups is 2. The summed E-state index contributed by atoms with van der Waals surface area (Å²) in [6, 6.07) is 14.1. The van der Waals surface area contributed by atoms with E-state index in [1.54, 1.807) is 36.4 Å². The van der Waals surface area contributed by atoms with Crippen LogP contribution in [-0.4, -0.2) is 33.0 Å². The zero-order valence-corrected chi connectivity index (χ0v) is 14.5. The van der Waals surface area contributed by atoms with Gasteiger partial charge in [0.15, 0.2) is 0 Å². The van der Waals surface area contributed by atoms with Gasteiger partial charge in [0.1, 0.15) is 19.3 Å². The van der Waals surface area contributed by atoms with E-state index in [4.69, 9.17) is 14.2 Å². The van der Waals surface area contributed by atoms with Gasteiger partial charge in [-0.3, -0.25) is 4.79 Å². The average molecular weight is 340 g/mol. The van der Waals surface area contributed by atoms with Crippen molar-refractivity contribution in [3.05, 3.63) is 54.1 Å². The fraction of sp³-hybridized carbons (Fsp3) is 0.263. The predicted octanol–water partition coefficient (Wildman–Crippen LogP) is 1.89. The van der Waals surface area contributed by atoms with Crippen LogP contribution in [0.4, 0.5) is 0 Å². The molecule has 0 amide bonds. The van der Waals surface area contributed by atoms with Crippen molar-refractivity contribution in [2.75, 3.05) is 13.2 Å². The summed E-state index contributed by atoms with van der Waals surface area (Å²) in [5.74, 6) is 0.522. The number of esters is 2. The number of hydrogen-bond acceptors (Lipinski definition) is 5. The van der Waals surface area contributed by atoms with Gasteiger partial charge in [0.25, 0.3) is 0 Å². The highest BCUT2D eigenvalue weighted by atomic mass is 16.5. The van der Waals surface area contributed by atoms with Crippen molar-refractivity contribution in [1.29, 1.82) is 0 Å². The lowest BCUT2D eigenvalue weighted by Crippen LogP contribution is -2.09. The summed E-state index contributed by atoms with van der Waals surface area (Å²) in [6.07, 6.45) is 1.53. The monoisotopic (exact) mass is 340 g/mol. The van der Waals surface area contributed by atoms with E-state index in [1.165, 1.54) is 6.92 Å². The number of hydrogen-bond donors (Lipinski definition) is 0. The summed E-state index contributed by atoms with van der Waals surface area (Å²) < 4.78 is 15.8. The Bertz CT molecular complexity index is 695. The molecule has 0 saturated heterocycles. The molecule has 5 nitrogen and oxygen atoms in total. The summed E-state index contributed by atoms with van der Waals surface area (Å²) in [7, 11) is 1.97. The molecule has 2 aromatic rings. The summed E-state index contributed by atoms with van der Waals surface area (Å²) >= 11 is 0. The van der Waals surface area contributed by atoms with Gasteiger partial charge in [-0.25, -0.2) is 4.79 Å². The third-order valence-corrected chi connectivity index (χ3v) is 3.43. The van der Waals surface area contributed by atoms with Gasteiger partial charge < -0.3 is 14.2 Å². The molecule has 0 bridgehead atoms. The Morgan fingerprint density at radius 2 is 1.48 bits per heavy atom. The summed E-state index contributed by atoms with van der Waals surface area (Å²) in [6.45, 7) is 2.32. The van der Waals surface area contributed by atoms with Crippen molar-refractivity contribution in [3.63, 3.8) is 0 Å². The SMILES string of the molecule is Bc1ccc(OC(=O)c2ccc(OCCCCOC(C)=O)cc2)cc1. The molecule has 130 valence electrons. The van der Waals surface area contributed by atoms with Crippen LogP contribution < -0.4 is 14.9 Å². The molecule has 0 aliphatic carbocycles. The Balaban J connectivity index is 1.76. The first-order chi connectivity index (χ1) is 12.0. The highest BCUT2D eigenvalue weighted by molar-refractivity contribution is 6.32. The topological polar surface area (TPSA) is 61.8 Å². The van der Waals surface area contributed by atoms with Crippen LogP contribution in [0.1, 0.15) is 30.1 Å². The van der Waals surface area contributed by atoms with Gasteiger partial charge in [0.2, 0.25) is 0 Å². The Morgan fingerprint density at radius 1 is 0.880 bits per heavy atom. The Kier molecular flexibility index (Phi) is 7.08. The fourth-order valence-electron chi connectivity index (χ4n) is 2.07. The normalized spacial score (nSPS) is 10.1. The molecular weight excluding hydrogens is 319 g/mol. The minimum absolute atomic E-state index is 0.269. The fourth-order valence-corrected chi connectivity index (χ4v) is 2.07. The van der Waals surface area contributed by atoms with E-state index in [9.17, 15) is 9.59 Å². The van der Waals surface area contributed by atoms with Gasteiger partial charge >= 0.3 is 11.9 Å². The van der Waals surface area contributed by atoms with Crippen LogP contribution in [0.15, 0.2) is 48.5 Å². The van der Waals surface area contributed by atoms with Gasteiger partial charge in [-0.15, -0.1) is 0 Å². The molecule has 0 heterocycles. The van der Waals surface area contributed by atoms with Crippen LogP contribution in [0.3, 0.4) is 0 Å². The maximum atomic E-state index is 12.1. The largest absolute Gasteiger partial charge is 0.494 e. The van der Waals surface area contributed by atoms with Crippen LogP contribution in [0, 0.1) is 0 Å². The molecule has 0 radical (unpaired) electrons. The first-order valence-corrected chi connectivity index (χ1v) is 8.19. The minimum atomic E-state index is -0.406. The second-order valence-electron chi connectivity index (χ2n) is 5.62. The summed E-state index contributed by atoms with van der Waals surface area (Å²) in [5, 5.41) is 0. The number of rotatable bonds is 8. The number of benzene rings is 2. The van der Waals surface area contributed by atoms with Crippen molar-refractivity contribution in [2.24, 2.45) is 0 Å². The molecule has 0 aromatic heterocycles. The smallest absolute Gasteiger partial charge is 0.343 e. The molecule has 0 N–H and O–H groups in total. The number of ether oxygens (including phenoxy) is 3. The molecule has 0 unspecified atom stereocenters. The van der Waals surface area contributed by atoms with E-state index in [0.717, 1.165) is 18.3 Å². The Morgan fingerprint density at radius 3 is 2.12 bits per heavy atom. The van der Waals surface area contributed by atoms with E-state index in [2.05, 4.69) is 0 Å². The Labute approximate surface area is 148 Å². The quantitative estimate of drug-likeness (QED) is 0.318. The van der Waals surface area contributed by atoms with E-state index in [1.807, 2.05) is 20.0 Å². The molecule has 0 fully saturated rings. The average Bonchev–Trinajstić information content (AvgIpc) is 2.60. The highest BCUT2D eigenvalue weighted by Crippen LogP contribution is 2.15. The van der Waals surface area contributed by atoms with Crippen molar-refractivity contribution >= 4 is 25.2 Å². The predicted molar refractivity (Wildman–Crippen MR) is 97.4 cm³/mol. The van der Waals surface area contributed by atoms with E-state index >= 15 is 0 Å². The molecule has 2 aromatic carbocycles. The van der Waals surface area contributed by atoms with Crippen molar-refractivity contribution in [2.45, 2.75) is 19.8 Å². The van der Waals surface area contributed by atoms with Crippen molar-refractivity contribution in [1.82, 2.24) is 0 Å². The maximum Gasteiger partial charge on any atom is 0.343 e. The van der Waals surface area contributed by atoms with Crippen LogP contribution >= 0.6 is 0 Å².